The first kappa shape index (κ1) is 24.5. The number of piperidine rings is 1. The van der Waals surface area contributed by atoms with Crippen LogP contribution >= 0.6 is 0 Å². The van der Waals surface area contributed by atoms with E-state index in [2.05, 4.69) is 69.6 Å². The van der Waals surface area contributed by atoms with Crippen LogP contribution in [0, 0.1) is 0 Å². The largest absolute Gasteiger partial charge is 0.355 e. The van der Waals surface area contributed by atoms with E-state index in [-0.39, 0.29) is 12.5 Å². The molecule has 1 amide bonds. The number of hydrogen-bond donors (Lipinski definition) is 2. The highest BCUT2D eigenvalue weighted by molar-refractivity contribution is 5.85. The van der Waals surface area contributed by atoms with Gasteiger partial charge in [0.15, 0.2) is 5.96 Å². The lowest BCUT2D eigenvalue weighted by Crippen LogP contribution is -2.51. The van der Waals surface area contributed by atoms with Gasteiger partial charge in [0.25, 0.3) is 0 Å². The zero-order valence-corrected chi connectivity index (χ0v) is 20.4. The molecule has 2 saturated heterocycles. The molecule has 3 rings (SSSR count). The van der Waals surface area contributed by atoms with Crippen LogP contribution in [0.4, 0.5) is 0 Å². The number of likely N-dealkylation sites (N-methyl/N-ethyl adjacent to an activating group) is 2. The van der Waals surface area contributed by atoms with Crippen LogP contribution in [-0.2, 0) is 4.79 Å². The van der Waals surface area contributed by atoms with Crippen LogP contribution in [0.1, 0.15) is 51.1 Å². The molecule has 32 heavy (non-hydrogen) atoms. The lowest BCUT2D eigenvalue weighted by atomic mass is 10.0. The van der Waals surface area contributed by atoms with Crippen molar-refractivity contribution in [3.05, 3.63) is 35.9 Å². The molecule has 2 fully saturated rings. The molecule has 0 saturated carbocycles. The Bertz CT molecular complexity index is 729. The Morgan fingerprint density at radius 2 is 1.88 bits per heavy atom. The van der Waals surface area contributed by atoms with Gasteiger partial charge < -0.3 is 15.5 Å². The second-order valence-corrected chi connectivity index (χ2v) is 9.30. The van der Waals surface area contributed by atoms with Crippen LogP contribution in [0.3, 0.4) is 0 Å². The fraction of sp³-hybridized carbons (Fsp3) is 0.680. The van der Waals surface area contributed by atoms with Crippen molar-refractivity contribution in [1.29, 1.82) is 0 Å². The topological polar surface area (TPSA) is 63.2 Å². The van der Waals surface area contributed by atoms with Crippen LogP contribution in [0.2, 0.25) is 0 Å². The monoisotopic (exact) mass is 442 g/mol. The summed E-state index contributed by atoms with van der Waals surface area (Å²) in [7, 11) is 3.55. The number of carbonyl (C=O) groups is 1. The summed E-state index contributed by atoms with van der Waals surface area (Å²) in [6, 6.07) is 12.1. The summed E-state index contributed by atoms with van der Waals surface area (Å²) in [5.41, 5.74) is 1.38. The van der Waals surface area contributed by atoms with Gasteiger partial charge in [0.05, 0.1) is 0 Å². The zero-order valence-electron chi connectivity index (χ0n) is 20.4. The SMILES string of the molecule is CCN1CCCC1CNC(=NCC(=O)N(C)C)NC1CCN(C(C)c2ccccc2)CC1. The Morgan fingerprint density at radius 3 is 2.53 bits per heavy atom. The number of carbonyl (C=O) groups excluding carboxylic acids is 1. The highest BCUT2D eigenvalue weighted by Gasteiger charge is 2.26. The number of nitrogens with zero attached hydrogens (tertiary/aromatic N) is 4. The predicted molar refractivity (Wildman–Crippen MR) is 132 cm³/mol. The van der Waals surface area contributed by atoms with Crippen molar-refractivity contribution in [2.45, 2.75) is 57.7 Å². The van der Waals surface area contributed by atoms with E-state index in [0.29, 0.717) is 18.1 Å². The van der Waals surface area contributed by atoms with E-state index in [0.717, 1.165) is 45.0 Å². The van der Waals surface area contributed by atoms with Crippen molar-refractivity contribution >= 4 is 11.9 Å². The first-order valence-electron chi connectivity index (χ1n) is 12.3. The fourth-order valence-corrected chi connectivity index (χ4v) is 4.76. The minimum atomic E-state index is 0.0219. The lowest BCUT2D eigenvalue weighted by Gasteiger charge is -2.37. The van der Waals surface area contributed by atoms with Crippen LogP contribution < -0.4 is 10.6 Å². The molecule has 0 aromatic heterocycles. The standard InChI is InChI=1S/C25H42N6O/c1-5-30-15-9-12-23(30)18-26-25(27-19-24(32)29(3)4)28-22-13-16-31(17-14-22)20(2)21-10-7-6-8-11-21/h6-8,10-11,20,22-23H,5,9,12-19H2,1-4H3,(H2,26,27,28). The number of likely N-dealkylation sites (tertiary alicyclic amines) is 2. The third-order valence-electron chi connectivity index (χ3n) is 6.98. The Labute approximate surface area is 194 Å². The molecule has 1 aromatic rings. The summed E-state index contributed by atoms with van der Waals surface area (Å²) < 4.78 is 0. The maximum atomic E-state index is 12.1. The van der Waals surface area contributed by atoms with Crippen molar-refractivity contribution in [3.8, 4) is 0 Å². The second kappa shape index (κ2) is 12.2. The molecule has 0 radical (unpaired) electrons. The van der Waals surface area contributed by atoms with E-state index in [1.54, 1.807) is 19.0 Å². The number of guanidine groups is 1. The normalized spacial score (nSPS) is 22.0. The molecular weight excluding hydrogens is 400 g/mol. The average Bonchev–Trinajstić information content (AvgIpc) is 3.28. The summed E-state index contributed by atoms with van der Waals surface area (Å²) >= 11 is 0. The van der Waals surface area contributed by atoms with Crippen molar-refractivity contribution < 1.29 is 4.79 Å². The number of benzene rings is 1. The minimum absolute atomic E-state index is 0.0219. The average molecular weight is 443 g/mol. The van der Waals surface area contributed by atoms with E-state index in [1.807, 2.05) is 0 Å². The van der Waals surface area contributed by atoms with Crippen LogP contribution in [0.15, 0.2) is 35.3 Å². The van der Waals surface area contributed by atoms with Crippen LogP contribution in [-0.4, -0.2) is 92.0 Å². The Balaban J connectivity index is 1.54. The van der Waals surface area contributed by atoms with Gasteiger partial charge in [-0.15, -0.1) is 0 Å². The van der Waals surface area contributed by atoms with Gasteiger partial charge in [-0.1, -0.05) is 37.3 Å². The number of amides is 1. The number of hydrogen-bond acceptors (Lipinski definition) is 4. The molecule has 7 heteroatoms. The third-order valence-corrected chi connectivity index (χ3v) is 6.98. The maximum absolute atomic E-state index is 12.1. The zero-order chi connectivity index (χ0) is 22.9. The number of nitrogens with one attached hydrogen (secondary N) is 2. The second-order valence-electron chi connectivity index (χ2n) is 9.30. The smallest absolute Gasteiger partial charge is 0.243 e. The molecule has 0 aliphatic carbocycles. The van der Waals surface area contributed by atoms with Gasteiger partial charge in [-0.25, -0.2) is 4.99 Å². The van der Waals surface area contributed by atoms with E-state index < -0.39 is 0 Å². The van der Waals surface area contributed by atoms with Crippen LogP contribution in [0.25, 0.3) is 0 Å². The molecule has 7 nitrogen and oxygen atoms in total. The third kappa shape index (κ3) is 6.94. The van der Waals surface area contributed by atoms with Gasteiger partial charge in [-0.05, 0) is 51.3 Å². The molecule has 2 heterocycles. The summed E-state index contributed by atoms with van der Waals surface area (Å²) in [6.07, 6.45) is 4.63. The van der Waals surface area contributed by atoms with Crippen molar-refractivity contribution in [2.24, 2.45) is 4.99 Å². The first-order chi connectivity index (χ1) is 15.5. The molecule has 2 aliphatic rings. The Morgan fingerprint density at radius 1 is 1.16 bits per heavy atom. The molecule has 0 bridgehead atoms. The molecule has 1 aromatic carbocycles. The van der Waals surface area contributed by atoms with Crippen LogP contribution in [0.5, 0.6) is 0 Å². The molecular formula is C25H42N6O. The Kier molecular flexibility index (Phi) is 9.36. The van der Waals surface area contributed by atoms with E-state index >= 15 is 0 Å². The highest BCUT2D eigenvalue weighted by Crippen LogP contribution is 2.24. The molecule has 2 atom stereocenters. The predicted octanol–water partition coefficient (Wildman–Crippen LogP) is 2.32. The summed E-state index contributed by atoms with van der Waals surface area (Å²) in [6.45, 7) is 9.96. The quantitative estimate of drug-likeness (QED) is 0.478. The van der Waals surface area contributed by atoms with Gasteiger partial charge in [-0.3, -0.25) is 14.6 Å². The van der Waals surface area contributed by atoms with Crippen molar-refractivity contribution in [2.75, 3.05) is 53.4 Å². The van der Waals surface area contributed by atoms with Gasteiger partial charge in [0.1, 0.15) is 6.54 Å². The molecule has 178 valence electrons. The van der Waals surface area contributed by atoms with E-state index in [9.17, 15) is 4.79 Å². The molecule has 2 aliphatic heterocycles. The fourth-order valence-electron chi connectivity index (χ4n) is 4.76. The minimum Gasteiger partial charge on any atom is -0.355 e. The number of rotatable bonds is 8. The number of aliphatic imine (C=N–C) groups is 1. The maximum Gasteiger partial charge on any atom is 0.243 e. The lowest BCUT2D eigenvalue weighted by molar-refractivity contribution is -0.127. The van der Waals surface area contributed by atoms with Gasteiger partial charge in [0.2, 0.25) is 5.91 Å². The molecule has 2 N–H and O–H groups in total. The van der Waals surface area contributed by atoms with Crippen molar-refractivity contribution in [3.63, 3.8) is 0 Å². The summed E-state index contributed by atoms with van der Waals surface area (Å²) in [4.78, 5) is 23.4. The van der Waals surface area contributed by atoms with Gasteiger partial charge >= 0.3 is 0 Å². The summed E-state index contributed by atoms with van der Waals surface area (Å²) in [5, 5.41) is 7.17. The van der Waals surface area contributed by atoms with E-state index in [4.69, 9.17) is 0 Å². The summed E-state index contributed by atoms with van der Waals surface area (Å²) in [5.74, 6) is 0.798. The highest BCUT2D eigenvalue weighted by atomic mass is 16.2. The van der Waals surface area contributed by atoms with Gasteiger partial charge in [0, 0.05) is 51.9 Å². The van der Waals surface area contributed by atoms with Gasteiger partial charge in [-0.2, -0.15) is 0 Å². The Hall–Kier alpha value is -2.12. The van der Waals surface area contributed by atoms with E-state index in [1.165, 1.54) is 24.9 Å². The first-order valence-corrected chi connectivity index (χ1v) is 12.3. The van der Waals surface area contributed by atoms with Crippen molar-refractivity contribution in [1.82, 2.24) is 25.3 Å². The molecule has 0 spiro atoms. The molecule has 2 unspecified atom stereocenters.